The first-order valence-corrected chi connectivity index (χ1v) is 6.65. The molecule has 16 heavy (non-hydrogen) atoms. The zero-order valence-corrected chi connectivity index (χ0v) is 10.7. The Morgan fingerprint density at radius 3 is 2.38 bits per heavy atom. The first-order chi connectivity index (χ1) is 7.65. The molecule has 94 valence electrons. The van der Waals surface area contributed by atoms with Gasteiger partial charge in [0.05, 0.1) is 18.3 Å². The van der Waals surface area contributed by atoms with E-state index >= 15 is 0 Å². The average molecular weight is 227 g/mol. The van der Waals surface area contributed by atoms with Crippen LogP contribution in [0.2, 0.25) is 0 Å². The van der Waals surface area contributed by atoms with Crippen molar-refractivity contribution in [2.75, 3.05) is 13.2 Å². The van der Waals surface area contributed by atoms with Crippen LogP contribution in [-0.2, 0) is 9.47 Å². The van der Waals surface area contributed by atoms with Crippen LogP contribution in [0.4, 0.5) is 0 Å². The fraction of sp³-hybridized carbons (Fsp3) is 1.00. The standard InChI is InChI=1S/C13H25NO2/c1-9-6-13(7-10(2)16-9)14-8-12-4-5-15-11(12)3/h9-14H,4-8H2,1-3H3. The monoisotopic (exact) mass is 227 g/mol. The summed E-state index contributed by atoms with van der Waals surface area (Å²) in [5.41, 5.74) is 0. The molecular formula is C13H25NO2. The van der Waals surface area contributed by atoms with E-state index in [1.165, 1.54) is 6.42 Å². The molecule has 0 aromatic carbocycles. The van der Waals surface area contributed by atoms with Crippen LogP contribution in [0.3, 0.4) is 0 Å². The fourth-order valence-corrected chi connectivity index (χ4v) is 2.93. The summed E-state index contributed by atoms with van der Waals surface area (Å²) in [7, 11) is 0. The van der Waals surface area contributed by atoms with Crippen molar-refractivity contribution in [1.29, 1.82) is 0 Å². The lowest BCUT2D eigenvalue weighted by molar-refractivity contribution is -0.0427. The van der Waals surface area contributed by atoms with Gasteiger partial charge in [-0.15, -0.1) is 0 Å². The van der Waals surface area contributed by atoms with Crippen molar-refractivity contribution in [2.24, 2.45) is 5.92 Å². The van der Waals surface area contributed by atoms with Crippen LogP contribution in [0.5, 0.6) is 0 Å². The van der Waals surface area contributed by atoms with Crippen molar-refractivity contribution in [3.63, 3.8) is 0 Å². The lowest BCUT2D eigenvalue weighted by Gasteiger charge is -2.33. The second-order valence-electron chi connectivity index (χ2n) is 5.46. The van der Waals surface area contributed by atoms with Crippen LogP contribution < -0.4 is 5.32 Å². The Labute approximate surface area is 98.9 Å². The highest BCUT2D eigenvalue weighted by atomic mass is 16.5. The van der Waals surface area contributed by atoms with Crippen LogP contribution in [0.25, 0.3) is 0 Å². The minimum absolute atomic E-state index is 0.401. The second kappa shape index (κ2) is 5.48. The highest BCUT2D eigenvalue weighted by Crippen LogP contribution is 2.22. The Balaban J connectivity index is 1.72. The lowest BCUT2D eigenvalue weighted by atomic mass is 9.97. The number of nitrogens with one attached hydrogen (secondary N) is 1. The van der Waals surface area contributed by atoms with E-state index in [4.69, 9.17) is 9.47 Å². The van der Waals surface area contributed by atoms with E-state index in [-0.39, 0.29) is 0 Å². The van der Waals surface area contributed by atoms with Gasteiger partial charge in [-0.05, 0) is 46.0 Å². The summed E-state index contributed by atoms with van der Waals surface area (Å²) in [6.45, 7) is 8.57. The van der Waals surface area contributed by atoms with Gasteiger partial charge in [-0.25, -0.2) is 0 Å². The molecule has 2 aliphatic heterocycles. The molecule has 2 aliphatic rings. The van der Waals surface area contributed by atoms with Crippen molar-refractivity contribution in [3.05, 3.63) is 0 Å². The molecule has 2 rings (SSSR count). The van der Waals surface area contributed by atoms with E-state index in [9.17, 15) is 0 Å². The van der Waals surface area contributed by atoms with E-state index in [0.717, 1.165) is 26.0 Å². The van der Waals surface area contributed by atoms with Crippen molar-refractivity contribution >= 4 is 0 Å². The Morgan fingerprint density at radius 1 is 1.12 bits per heavy atom. The van der Waals surface area contributed by atoms with E-state index in [1.54, 1.807) is 0 Å². The van der Waals surface area contributed by atoms with Crippen molar-refractivity contribution < 1.29 is 9.47 Å². The molecule has 4 unspecified atom stereocenters. The number of hydrogen-bond acceptors (Lipinski definition) is 3. The van der Waals surface area contributed by atoms with Crippen LogP contribution in [0.15, 0.2) is 0 Å². The molecule has 0 amide bonds. The molecule has 3 heteroatoms. The van der Waals surface area contributed by atoms with Gasteiger partial charge in [-0.2, -0.15) is 0 Å². The van der Waals surface area contributed by atoms with Gasteiger partial charge >= 0.3 is 0 Å². The summed E-state index contributed by atoms with van der Waals surface area (Å²) in [5.74, 6) is 0.702. The lowest BCUT2D eigenvalue weighted by Crippen LogP contribution is -2.43. The third-order valence-electron chi connectivity index (χ3n) is 3.90. The van der Waals surface area contributed by atoms with Gasteiger partial charge in [-0.3, -0.25) is 0 Å². The maximum Gasteiger partial charge on any atom is 0.0588 e. The van der Waals surface area contributed by atoms with Crippen LogP contribution in [-0.4, -0.2) is 37.5 Å². The van der Waals surface area contributed by atoms with E-state index < -0.39 is 0 Å². The highest BCUT2D eigenvalue weighted by molar-refractivity contribution is 4.82. The molecule has 4 atom stereocenters. The predicted molar refractivity (Wildman–Crippen MR) is 64.6 cm³/mol. The number of rotatable bonds is 3. The molecule has 0 aliphatic carbocycles. The van der Waals surface area contributed by atoms with Gasteiger partial charge < -0.3 is 14.8 Å². The minimum atomic E-state index is 0.401. The minimum Gasteiger partial charge on any atom is -0.378 e. The number of hydrogen-bond donors (Lipinski definition) is 1. The zero-order chi connectivity index (χ0) is 11.5. The summed E-state index contributed by atoms with van der Waals surface area (Å²) in [5, 5.41) is 3.69. The molecule has 0 spiro atoms. The van der Waals surface area contributed by atoms with Crippen molar-refractivity contribution in [1.82, 2.24) is 5.32 Å². The fourth-order valence-electron chi connectivity index (χ4n) is 2.93. The Morgan fingerprint density at radius 2 is 1.81 bits per heavy atom. The molecule has 0 saturated carbocycles. The maximum atomic E-state index is 5.74. The highest BCUT2D eigenvalue weighted by Gasteiger charge is 2.27. The second-order valence-corrected chi connectivity index (χ2v) is 5.46. The Kier molecular flexibility index (Phi) is 4.22. The first kappa shape index (κ1) is 12.3. The summed E-state index contributed by atoms with van der Waals surface area (Å²) >= 11 is 0. The Hall–Kier alpha value is -0.120. The van der Waals surface area contributed by atoms with Crippen LogP contribution >= 0.6 is 0 Å². The van der Waals surface area contributed by atoms with Gasteiger partial charge in [-0.1, -0.05) is 0 Å². The zero-order valence-electron chi connectivity index (χ0n) is 10.7. The molecule has 0 aromatic rings. The topological polar surface area (TPSA) is 30.5 Å². The SMILES string of the molecule is CC1CC(NCC2CCOC2C)CC(C)O1. The summed E-state index contributed by atoms with van der Waals surface area (Å²) in [4.78, 5) is 0. The molecule has 1 N–H and O–H groups in total. The molecule has 0 aromatic heterocycles. The normalized spacial score (nSPS) is 44.8. The molecular weight excluding hydrogens is 202 g/mol. The molecule has 2 saturated heterocycles. The Bertz CT molecular complexity index is 212. The van der Waals surface area contributed by atoms with Gasteiger partial charge in [0.2, 0.25) is 0 Å². The van der Waals surface area contributed by atoms with Crippen LogP contribution in [0, 0.1) is 5.92 Å². The first-order valence-electron chi connectivity index (χ1n) is 6.65. The maximum absolute atomic E-state index is 5.74. The summed E-state index contributed by atoms with van der Waals surface area (Å²) in [6, 6.07) is 0.631. The van der Waals surface area contributed by atoms with E-state index in [2.05, 4.69) is 26.1 Å². The molecule has 2 fully saturated rings. The molecule has 3 nitrogen and oxygen atoms in total. The molecule has 0 radical (unpaired) electrons. The van der Waals surface area contributed by atoms with Gasteiger partial charge in [0.1, 0.15) is 0 Å². The molecule has 2 heterocycles. The van der Waals surface area contributed by atoms with Crippen LogP contribution in [0.1, 0.15) is 40.0 Å². The van der Waals surface area contributed by atoms with E-state index in [0.29, 0.717) is 30.3 Å². The van der Waals surface area contributed by atoms with Crippen molar-refractivity contribution in [3.8, 4) is 0 Å². The third-order valence-corrected chi connectivity index (χ3v) is 3.90. The molecule has 0 bridgehead atoms. The average Bonchev–Trinajstić information content (AvgIpc) is 2.59. The predicted octanol–water partition coefficient (Wildman–Crippen LogP) is 1.96. The summed E-state index contributed by atoms with van der Waals surface area (Å²) < 4.78 is 11.3. The largest absolute Gasteiger partial charge is 0.378 e. The van der Waals surface area contributed by atoms with E-state index in [1.807, 2.05) is 0 Å². The third kappa shape index (κ3) is 3.19. The van der Waals surface area contributed by atoms with Crippen molar-refractivity contribution in [2.45, 2.75) is 64.4 Å². The van der Waals surface area contributed by atoms with Gasteiger partial charge in [0, 0.05) is 19.2 Å². The van der Waals surface area contributed by atoms with Gasteiger partial charge in [0.15, 0.2) is 0 Å². The summed E-state index contributed by atoms with van der Waals surface area (Å²) in [6.07, 6.45) is 4.74. The van der Waals surface area contributed by atoms with Gasteiger partial charge in [0.25, 0.3) is 0 Å². The number of ether oxygens (including phenoxy) is 2. The quantitative estimate of drug-likeness (QED) is 0.799. The smallest absolute Gasteiger partial charge is 0.0588 e.